The van der Waals surface area contributed by atoms with Crippen LogP contribution in [0.15, 0.2) is 36.5 Å². The maximum atomic E-state index is 13.1. The van der Waals surface area contributed by atoms with Crippen LogP contribution in [-0.2, 0) is 21.9 Å². The molecule has 4 rings (SSSR count). The summed E-state index contributed by atoms with van der Waals surface area (Å²) in [6.07, 6.45) is -10.9. The molecule has 0 aliphatic carbocycles. The summed E-state index contributed by atoms with van der Waals surface area (Å²) < 4.78 is 84.4. The second kappa shape index (κ2) is 7.73. The van der Waals surface area contributed by atoms with E-state index in [0.717, 1.165) is 24.4 Å². The van der Waals surface area contributed by atoms with Crippen LogP contribution in [0.4, 0.5) is 32.0 Å². The minimum absolute atomic E-state index is 0.0879. The first kappa shape index (κ1) is 22.5. The molecule has 2 bridgehead atoms. The van der Waals surface area contributed by atoms with Crippen LogP contribution in [0.1, 0.15) is 34.7 Å². The number of aryl methyl sites for hydroxylation is 1. The Kier molecular flexibility index (Phi) is 5.44. The molecule has 5 nitrogen and oxygen atoms in total. The van der Waals surface area contributed by atoms with E-state index in [1.165, 1.54) is 19.1 Å². The highest BCUT2D eigenvalue weighted by molar-refractivity contribution is 5.94. The van der Waals surface area contributed by atoms with Crippen molar-refractivity contribution in [2.75, 3.05) is 5.32 Å². The first-order valence-corrected chi connectivity index (χ1v) is 9.71. The van der Waals surface area contributed by atoms with E-state index in [1.807, 2.05) is 0 Å². The predicted octanol–water partition coefficient (Wildman–Crippen LogP) is 4.30. The number of halogens is 6. The highest BCUT2D eigenvalue weighted by Crippen LogP contribution is 2.49. The molecule has 0 spiro atoms. The second-order valence-electron chi connectivity index (χ2n) is 8.04. The maximum Gasteiger partial charge on any atom is 0.433 e. The van der Waals surface area contributed by atoms with E-state index in [0.29, 0.717) is 0 Å². The van der Waals surface area contributed by atoms with Crippen molar-refractivity contribution in [2.24, 2.45) is 5.92 Å². The third-order valence-corrected chi connectivity index (χ3v) is 5.76. The molecule has 11 heteroatoms. The number of nitrogens with one attached hydrogen (secondary N) is 1. The van der Waals surface area contributed by atoms with E-state index < -0.39 is 59.7 Å². The van der Waals surface area contributed by atoms with Gasteiger partial charge in [0.2, 0.25) is 5.91 Å². The number of hydrogen-bond donors (Lipinski definition) is 2. The zero-order valence-corrected chi connectivity index (χ0v) is 16.5. The van der Waals surface area contributed by atoms with Gasteiger partial charge in [-0.3, -0.25) is 9.78 Å². The van der Waals surface area contributed by atoms with Crippen molar-refractivity contribution in [3.8, 4) is 0 Å². The molecule has 1 aromatic carbocycles. The van der Waals surface area contributed by atoms with Gasteiger partial charge >= 0.3 is 12.4 Å². The van der Waals surface area contributed by atoms with Gasteiger partial charge in [-0.1, -0.05) is 0 Å². The monoisotopic (exact) mass is 460 g/mol. The van der Waals surface area contributed by atoms with Gasteiger partial charge in [0.05, 0.1) is 29.8 Å². The van der Waals surface area contributed by atoms with Crippen molar-refractivity contribution in [1.82, 2.24) is 4.98 Å². The van der Waals surface area contributed by atoms with Gasteiger partial charge < -0.3 is 15.2 Å². The summed E-state index contributed by atoms with van der Waals surface area (Å²) in [5.74, 6) is -2.61. The fourth-order valence-electron chi connectivity index (χ4n) is 4.49. The van der Waals surface area contributed by atoms with E-state index in [-0.39, 0.29) is 23.2 Å². The van der Waals surface area contributed by atoms with Crippen LogP contribution in [0.5, 0.6) is 0 Å². The first-order chi connectivity index (χ1) is 14.8. The van der Waals surface area contributed by atoms with Crippen molar-refractivity contribution >= 4 is 11.6 Å². The summed E-state index contributed by atoms with van der Waals surface area (Å²) >= 11 is 0. The number of aromatic nitrogens is 1. The summed E-state index contributed by atoms with van der Waals surface area (Å²) in [5.41, 5.74) is -1.79. The second-order valence-corrected chi connectivity index (χ2v) is 8.04. The smallest absolute Gasteiger partial charge is 0.390 e. The van der Waals surface area contributed by atoms with Gasteiger partial charge in [0.1, 0.15) is 5.69 Å². The molecule has 2 fully saturated rings. The molecule has 2 aliphatic rings. The Labute approximate surface area is 178 Å². The number of aliphatic hydroxyl groups is 1. The number of pyridine rings is 1. The van der Waals surface area contributed by atoms with E-state index in [9.17, 15) is 36.2 Å². The lowest BCUT2D eigenvalue weighted by Crippen LogP contribution is -2.41. The Morgan fingerprint density at radius 3 is 2.50 bits per heavy atom. The zero-order valence-electron chi connectivity index (χ0n) is 16.5. The van der Waals surface area contributed by atoms with Crippen molar-refractivity contribution in [2.45, 2.75) is 49.9 Å². The lowest BCUT2D eigenvalue weighted by atomic mass is 9.74. The molecular formula is C21H18F6N2O3. The van der Waals surface area contributed by atoms with Crippen LogP contribution in [0.3, 0.4) is 0 Å². The molecule has 2 N–H and O–H groups in total. The van der Waals surface area contributed by atoms with Gasteiger partial charge in [-0.05, 0) is 48.4 Å². The summed E-state index contributed by atoms with van der Waals surface area (Å²) in [5, 5.41) is 12.7. The largest absolute Gasteiger partial charge is 0.433 e. The van der Waals surface area contributed by atoms with Gasteiger partial charge in [-0.25, -0.2) is 0 Å². The fraction of sp³-hybridized carbons (Fsp3) is 0.429. The van der Waals surface area contributed by atoms with Crippen molar-refractivity contribution < 1.29 is 41.0 Å². The minimum atomic E-state index is -4.71. The lowest BCUT2D eigenvalue weighted by molar-refractivity contribution is -0.141. The standard InChI is InChI=1S/C21H18F6N2O3/c1-9-4-11(20(22,23)24)7-12(5-9)29-19(31)17-14-8-13(30)18(32-14)16(17)10-2-3-28-15(6-10)21(25,26)27/h2-7,13-14,16-18,30H,8H2,1H3,(H,29,31)/t13-,14+,16+,17-,18-/m0/s1. The molecule has 1 aromatic heterocycles. The Bertz CT molecular complexity index is 1040. The number of carbonyl (C=O) groups excluding carboxylic acids is 1. The number of amides is 1. The minimum Gasteiger partial charge on any atom is -0.390 e. The van der Waals surface area contributed by atoms with Crippen molar-refractivity contribution in [3.63, 3.8) is 0 Å². The van der Waals surface area contributed by atoms with Crippen molar-refractivity contribution in [1.29, 1.82) is 0 Å². The lowest BCUT2D eigenvalue weighted by Gasteiger charge is -2.30. The highest BCUT2D eigenvalue weighted by atomic mass is 19.4. The van der Waals surface area contributed by atoms with E-state index >= 15 is 0 Å². The van der Waals surface area contributed by atoms with Gasteiger partial charge in [0, 0.05) is 24.2 Å². The molecule has 2 saturated heterocycles. The average molecular weight is 460 g/mol. The fourth-order valence-corrected chi connectivity index (χ4v) is 4.49. The average Bonchev–Trinajstić information content (AvgIpc) is 3.23. The molecule has 0 saturated carbocycles. The number of anilines is 1. The summed E-state index contributed by atoms with van der Waals surface area (Å²) in [4.78, 5) is 16.4. The van der Waals surface area contributed by atoms with Crippen LogP contribution < -0.4 is 5.32 Å². The molecule has 2 aromatic rings. The number of ether oxygens (including phenoxy) is 1. The zero-order chi connectivity index (χ0) is 23.4. The molecule has 2 aliphatic heterocycles. The Balaban J connectivity index is 1.65. The topological polar surface area (TPSA) is 71.5 Å². The molecule has 5 atom stereocenters. The van der Waals surface area contributed by atoms with E-state index in [2.05, 4.69) is 10.3 Å². The molecule has 32 heavy (non-hydrogen) atoms. The summed E-state index contributed by atoms with van der Waals surface area (Å²) in [6, 6.07) is 5.20. The third kappa shape index (κ3) is 4.18. The van der Waals surface area contributed by atoms with Gasteiger partial charge in [0.25, 0.3) is 0 Å². The number of fused-ring (bicyclic) bond motifs is 2. The number of rotatable bonds is 3. The van der Waals surface area contributed by atoms with Gasteiger partial charge in [-0.2, -0.15) is 26.3 Å². The van der Waals surface area contributed by atoms with Crippen LogP contribution in [-0.4, -0.2) is 34.3 Å². The van der Waals surface area contributed by atoms with Crippen LogP contribution in [0.2, 0.25) is 0 Å². The van der Waals surface area contributed by atoms with Gasteiger partial charge in [0.15, 0.2) is 0 Å². The normalized spacial score (nSPS) is 27.6. The molecular weight excluding hydrogens is 442 g/mol. The predicted molar refractivity (Wildman–Crippen MR) is 99.6 cm³/mol. The molecule has 0 radical (unpaired) electrons. The number of hydrogen-bond acceptors (Lipinski definition) is 4. The van der Waals surface area contributed by atoms with E-state index in [1.54, 1.807) is 0 Å². The Hall–Kier alpha value is -2.66. The number of aliphatic hydroxyl groups excluding tert-OH is 1. The third-order valence-electron chi connectivity index (χ3n) is 5.76. The molecule has 3 heterocycles. The Morgan fingerprint density at radius 1 is 1.12 bits per heavy atom. The van der Waals surface area contributed by atoms with Crippen LogP contribution in [0.25, 0.3) is 0 Å². The maximum absolute atomic E-state index is 13.1. The molecule has 172 valence electrons. The highest BCUT2D eigenvalue weighted by Gasteiger charge is 2.57. The number of benzene rings is 1. The Morgan fingerprint density at radius 2 is 1.84 bits per heavy atom. The molecule has 0 unspecified atom stereocenters. The SMILES string of the molecule is Cc1cc(NC(=O)[C@@H]2[C@@H](c3ccnc(C(F)(F)F)c3)[C@H]3O[C@@H]2C[C@@H]3O)cc(C(F)(F)F)c1. The number of nitrogens with zero attached hydrogens (tertiary/aromatic N) is 1. The number of alkyl halides is 6. The summed E-state index contributed by atoms with van der Waals surface area (Å²) in [7, 11) is 0. The van der Waals surface area contributed by atoms with E-state index in [4.69, 9.17) is 4.74 Å². The van der Waals surface area contributed by atoms with Crippen LogP contribution >= 0.6 is 0 Å². The quantitative estimate of drug-likeness (QED) is 0.671. The van der Waals surface area contributed by atoms with Gasteiger partial charge in [-0.15, -0.1) is 0 Å². The first-order valence-electron chi connectivity index (χ1n) is 9.71. The molecule has 1 amide bonds. The summed E-state index contributed by atoms with van der Waals surface area (Å²) in [6.45, 7) is 1.44. The van der Waals surface area contributed by atoms with Crippen LogP contribution in [0, 0.1) is 12.8 Å². The number of carbonyl (C=O) groups is 1. The van der Waals surface area contributed by atoms with Crippen molar-refractivity contribution in [3.05, 3.63) is 58.9 Å².